The SMILES string of the molecule is Cc1cc(C)c(N=Cc2nn(Cc3ccccn3)c3ccccc23)c(Cl)c1. The lowest BCUT2D eigenvalue weighted by molar-refractivity contribution is 0.695. The number of nitrogens with zero attached hydrogens (tertiary/aromatic N) is 4. The molecule has 0 saturated carbocycles. The van der Waals surface area contributed by atoms with E-state index in [0.717, 1.165) is 39.1 Å². The van der Waals surface area contributed by atoms with Crippen molar-refractivity contribution >= 4 is 34.4 Å². The fourth-order valence-corrected chi connectivity index (χ4v) is 3.58. The molecule has 2 heterocycles. The first-order valence-corrected chi connectivity index (χ1v) is 9.16. The molecule has 0 amide bonds. The van der Waals surface area contributed by atoms with Gasteiger partial charge in [0.1, 0.15) is 5.69 Å². The first-order valence-electron chi connectivity index (χ1n) is 8.78. The quantitative estimate of drug-likeness (QED) is 0.442. The average Bonchev–Trinajstić information content (AvgIpc) is 3.00. The van der Waals surface area contributed by atoms with Gasteiger partial charge in [-0.05, 0) is 49.2 Å². The molecule has 0 bridgehead atoms. The van der Waals surface area contributed by atoms with Crippen molar-refractivity contribution in [3.05, 3.63) is 88.3 Å². The van der Waals surface area contributed by atoms with Crippen molar-refractivity contribution in [3.63, 3.8) is 0 Å². The summed E-state index contributed by atoms with van der Waals surface area (Å²) in [5.41, 5.74) is 5.79. The normalized spacial score (nSPS) is 11.5. The number of para-hydroxylation sites is 1. The Morgan fingerprint density at radius 3 is 2.67 bits per heavy atom. The van der Waals surface area contributed by atoms with Gasteiger partial charge in [0.05, 0.1) is 34.7 Å². The Morgan fingerprint density at radius 2 is 1.89 bits per heavy atom. The highest BCUT2D eigenvalue weighted by atomic mass is 35.5. The molecule has 0 radical (unpaired) electrons. The number of hydrogen-bond donors (Lipinski definition) is 0. The molecule has 2 aromatic carbocycles. The topological polar surface area (TPSA) is 43.1 Å². The van der Waals surface area contributed by atoms with Crippen LogP contribution >= 0.6 is 11.6 Å². The van der Waals surface area contributed by atoms with E-state index in [-0.39, 0.29) is 0 Å². The summed E-state index contributed by atoms with van der Waals surface area (Å²) >= 11 is 6.38. The Balaban J connectivity index is 1.75. The molecule has 134 valence electrons. The van der Waals surface area contributed by atoms with Crippen molar-refractivity contribution in [1.29, 1.82) is 0 Å². The number of pyridine rings is 1. The van der Waals surface area contributed by atoms with Crippen LogP contribution in [0.25, 0.3) is 10.9 Å². The van der Waals surface area contributed by atoms with Gasteiger partial charge in [-0.25, -0.2) is 0 Å². The smallest absolute Gasteiger partial charge is 0.111 e. The number of rotatable bonds is 4. The summed E-state index contributed by atoms with van der Waals surface area (Å²) in [4.78, 5) is 9.04. The zero-order valence-electron chi connectivity index (χ0n) is 15.2. The monoisotopic (exact) mass is 374 g/mol. The van der Waals surface area contributed by atoms with Crippen LogP contribution in [-0.2, 0) is 6.54 Å². The minimum Gasteiger partial charge on any atom is -0.259 e. The summed E-state index contributed by atoms with van der Waals surface area (Å²) in [6.45, 7) is 4.65. The molecule has 2 aromatic heterocycles. The molecule has 0 saturated heterocycles. The Hall–Kier alpha value is -2.98. The fourth-order valence-electron chi connectivity index (χ4n) is 3.21. The Kier molecular flexibility index (Phi) is 4.73. The minimum atomic E-state index is 0.611. The Labute approximate surface area is 163 Å². The van der Waals surface area contributed by atoms with E-state index < -0.39 is 0 Å². The molecule has 0 aliphatic heterocycles. The second-order valence-corrected chi connectivity index (χ2v) is 6.96. The lowest BCUT2D eigenvalue weighted by Crippen LogP contribution is -2.03. The molecule has 0 aliphatic carbocycles. The maximum Gasteiger partial charge on any atom is 0.111 e. The van der Waals surface area contributed by atoms with E-state index in [1.807, 2.05) is 54.9 Å². The number of fused-ring (bicyclic) bond motifs is 1. The molecule has 27 heavy (non-hydrogen) atoms. The van der Waals surface area contributed by atoms with Crippen molar-refractivity contribution in [2.75, 3.05) is 0 Å². The number of hydrogen-bond acceptors (Lipinski definition) is 3. The van der Waals surface area contributed by atoms with Gasteiger partial charge in [-0.1, -0.05) is 41.9 Å². The van der Waals surface area contributed by atoms with Gasteiger partial charge in [0.25, 0.3) is 0 Å². The lowest BCUT2D eigenvalue weighted by atomic mass is 10.1. The summed E-state index contributed by atoms with van der Waals surface area (Å²) in [5, 5.41) is 6.47. The van der Waals surface area contributed by atoms with Crippen LogP contribution in [0.4, 0.5) is 5.69 Å². The summed E-state index contributed by atoms with van der Waals surface area (Å²) in [6.07, 6.45) is 3.59. The number of aromatic nitrogens is 3. The molecule has 5 heteroatoms. The highest BCUT2D eigenvalue weighted by Crippen LogP contribution is 2.30. The zero-order valence-corrected chi connectivity index (χ0v) is 16.0. The van der Waals surface area contributed by atoms with E-state index in [1.54, 1.807) is 12.4 Å². The molecule has 4 rings (SSSR count). The molecule has 0 N–H and O–H groups in total. The second kappa shape index (κ2) is 7.33. The van der Waals surface area contributed by atoms with Crippen molar-refractivity contribution in [2.45, 2.75) is 20.4 Å². The third-order valence-electron chi connectivity index (χ3n) is 4.44. The number of aliphatic imine (C=N–C) groups is 1. The zero-order chi connectivity index (χ0) is 18.8. The maximum atomic E-state index is 6.38. The van der Waals surface area contributed by atoms with Crippen LogP contribution in [0.15, 0.2) is 65.8 Å². The molecule has 0 fully saturated rings. The van der Waals surface area contributed by atoms with Gasteiger partial charge >= 0.3 is 0 Å². The van der Waals surface area contributed by atoms with Gasteiger partial charge in [0.15, 0.2) is 0 Å². The van der Waals surface area contributed by atoms with E-state index in [4.69, 9.17) is 16.7 Å². The van der Waals surface area contributed by atoms with E-state index >= 15 is 0 Å². The van der Waals surface area contributed by atoms with Gasteiger partial charge in [0, 0.05) is 11.6 Å². The molecular weight excluding hydrogens is 356 g/mol. The number of aryl methyl sites for hydroxylation is 2. The van der Waals surface area contributed by atoms with Crippen LogP contribution in [-0.4, -0.2) is 21.0 Å². The number of halogens is 1. The molecule has 0 atom stereocenters. The van der Waals surface area contributed by atoms with Crippen LogP contribution < -0.4 is 0 Å². The lowest BCUT2D eigenvalue weighted by Gasteiger charge is -2.04. The fraction of sp³-hybridized carbons (Fsp3) is 0.136. The second-order valence-electron chi connectivity index (χ2n) is 6.55. The molecule has 0 unspecified atom stereocenters. The minimum absolute atomic E-state index is 0.611. The molecule has 4 aromatic rings. The van der Waals surface area contributed by atoms with Crippen LogP contribution in [0.3, 0.4) is 0 Å². The van der Waals surface area contributed by atoms with E-state index in [0.29, 0.717) is 11.6 Å². The standard InChI is InChI=1S/C22H19ClN4/c1-15-11-16(2)22(19(23)12-15)25-13-20-18-8-3-4-9-21(18)27(26-20)14-17-7-5-6-10-24-17/h3-13H,14H2,1-2H3. The average molecular weight is 375 g/mol. The predicted molar refractivity (Wildman–Crippen MR) is 111 cm³/mol. The first-order chi connectivity index (χ1) is 13.1. The van der Waals surface area contributed by atoms with Gasteiger partial charge in [-0.2, -0.15) is 5.10 Å². The van der Waals surface area contributed by atoms with E-state index in [9.17, 15) is 0 Å². The first kappa shape index (κ1) is 17.4. The summed E-state index contributed by atoms with van der Waals surface area (Å²) in [5.74, 6) is 0. The van der Waals surface area contributed by atoms with Crippen molar-refractivity contribution in [3.8, 4) is 0 Å². The third-order valence-corrected chi connectivity index (χ3v) is 4.73. The van der Waals surface area contributed by atoms with E-state index in [2.05, 4.69) is 28.2 Å². The Morgan fingerprint density at radius 1 is 1.07 bits per heavy atom. The summed E-state index contributed by atoms with van der Waals surface area (Å²) < 4.78 is 1.96. The van der Waals surface area contributed by atoms with Gasteiger partial charge < -0.3 is 0 Å². The maximum absolute atomic E-state index is 6.38. The summed E-state index contributed by atoms with van der Waals surface area (Å²) in [6, 6.07) is 18.1. The highest BCUT2D eigenvalue weighted by Gasteiger charge is 2.10. The van der Waals surface area contributed by atoms with Crippen LogP contribution in [0.1, 0.15) is 22.5 Å². The Bertz CT molecular complexity index is 1110. The van der Waals surface area contributed by atoms with Crippen molar-refractivity contribution in [1.82, 2.24) is 14.8 Å². The predicted octanol–water partition coefficient (Wildman–Crippen LogP) is 5.50. The van der Waals surface area contributed by atoms with Gasteiger partial charge in [-0.15, -0.1) is 0 Å². The third kappa shape index (κ3) is 3.62. The van der Waals surface area contributed by atoms with Crippen molar-refractivity contribution < 1.29 is 0 Å². The van der Waals surface area contributed by atoms with Crippen LogP contribution in [0, 0.1) is 13.8 Å². The van der Waals surface area contributed by atoms with Crippen LogP contribution in [0.2, 0.25) is 5.02 Å². The van der Waals surface area contributed by atoms with E-state index in [1.165, 1.54) is 0 Å². The number of benzene rings is 2. The molecule has 0 spiro atoms. The molecule has 4 nitrogen and oxygen atoms in total. The summed E-state index contributed by atoms with van der Waals surface area (Å²) in [7, 11) is 0. The molecular formula is C22H19ClN4. The van der Waals surface area contributed by atoms with Gasteiger partial charge in [0.2, 0.25) is 0 Å². The van der Waals surface area contributed by atoms with Crippen LogP contribution in [0.5, 0.6) is 0 Å². The van der Waals surface area contributed by atoms with Gasteiger partial charge in [-0.3, -0.25) is 14.7 Å². The molecule has 0 aliphatic rings. The highest BCUT2D eigenvalue weighted by molar-refractivity contribution is 6.33. The largest absolute Gasteiger partial charge is 0.259 e. The van der Waals surface area contributed by atoms with Crippen molar-refractivity contribution in [2.24, 2.45) is 4.99 Å².